The van der Waals surface area contributed by atoms with Crippen molar-refractivity contribution in [3.05, 3.63) is 0 Å². The Morgan fingerprint density at radius 1 is 0.309 bits per heavy atom. The third kappa shape index (κ3) is 67.3. The summed E-state index contributed by atoms with van der Waals surface area (Å²) in [5.74, 6) is 0.150. The molecule has 0 rings (SSSR count). The summed E-state index contributed by atoms with van der Waals surface area (Å²) in [5.41, 5.74) is 0. The van der Waals surface area contributed by atoms with Crippen LogP contribution >= 0.6 is 15.6 Å². The first-order chi connectivity index (χ1) is 45.3. The molecule has 0 bridgehead atoms. The first kappa shape index (κ1) is 92.1. The van der Waals surface area contributed by atoms with E-state index < -0.39 is 97.5 Å². The fourth-order valence-corrected chi connectivity index (χ4v) is 13.0. The van der Waals surface area contributed by atoms with E-state index in [1.165, 1.54) is 186 Å². The van der Waals surface area contributed by atoms with Gasteiger partial charge in [0.05, 0.1) is 26.4 Å². The molecule has 558 valence electrons. The molecule has 0 aromatic carbocycles. The SMILES string of the molecule is CCCCCCCCCCCCCCCCCC(=O)OC[C@H](COP(=O)(O)OC[C@@H](O)COP(=O)(O)OC[C@@H](COC(=O)CCCCCCCCC(C)CC)OC(=O)CCCCCCCCCCCCC(C)C)OC(=O)CCCCCCCCCCCCCCCC(C)C. The molecule has 19 heteroatoms. The van der Waals surface area contributed by atoms with Crippen LogP contribution in [0.5, 0.6) is 0 Å². The highest BCUT2D eigenvalue weighted by Gasteiger charge is 2.30. The van der Waals surface area contributed by atoms with E-state index in [4.69, 9.17) is 37.0 Å². The fraction of sp³-hybridized carbons (Fsp3) is 0.947. The molecule has 17 nitrogen and oxygen atoms in total. The molecule has 0 saturated heterocycles. The second-order valence-corrected chi connectivity index (χ2v) is 31.1. The van der Waals surface area contributed by atoms with E-state index in [2.05, 4.69) is 48.5 Å². The van der Waals surface area contributed by atoms with Crippen LogP contribution < -0.4 is 0 Å². The average Bonchev–Trinajstić information content (AvgIpc) is 1.44. The summed E-state index contributed by atoms with van der Waals surface area (Å²) in [5, 5.41) is 10.6. The molecule has 0 amide bonds. The number of ether oxygens (including phenoxy) is 4. The van der Waals surface area contributed by atoms with Gasteiger partial charge >= 0.3 is 39.5 Å². The van der Waals surface area contributed by atoms with Crippen LogP contribution in [0.25, 0.3) is 0 Å². The third-order valence-electron chi connectivity index (χ3n) is 17.7. The molecule has 0 aromatic rings. The van der Waals surface area contributed by atoms with Gasteiger partial charge in [0.15, 0.2) is 12.2 Å². The number of esters is 4. The first-order valence-corrected chi connectivity index (χ1v) is 41.9. The van der Waals surface area contributed by atoms with Crippen molar-refractivity contribution in [2.24, 2.45) is 17.8 Å². The first-order valence-electron chi connectivity index (χ1n) is 38.9. The Hall–Kier alpha value is -1.94. The average molecular weight is 1380 g/mol. The lowest BCUT2D eigenvalue weighted by molar-refractivity contribution is -0.161. The minimum atomic E-state index is -4.96. The molecule has 0 aliphatic heterocycles. The highest BCUT2D eigenvalue weighted by Crippen LogP contribution is 2.45. The van der Waals surface area contributed by atoms with Crippen molar-refractivity contribution in [1.29, 1.82) is 0 Å². The quantitative estimate of drug-likeness (QED) is 0.0222. The van der Waals surface area contributed by atoms with Crippen molar-refractivity contribution < 1.29 is 80.2 Å². The van der Waals surface area contributed by atoms with Crippen LogP contribution in [-0.4, -0.2) is 96.7 Å². The molecule has 6 atom stereocenters. The van der Waals surface area contributed by atoms with Gasteiger partial charge in [-0.25, -0.2) is 9.13 Å². The third-order valence-corrected chi connectivity index (χ3v) is 19.6. The standard InChI is InChI=1S/C75H146O17P2/c1-8-10-11-12-13-14-15-16-17-20-23-29-34-42-49-56-72(77)85-62-70(91-74(79)58-51-44-35-30-24-21-18-19-22-27-32-39-46-53-66(3)4)64-89-93(81,82)87-60-69(76)61-88-94(83,84)90-65-71(63-86-73(78)57-50-43-38-37-41-48-55-68(7)9-2)92-75(80)59-52-45-36-31-26-25-28-33-40-47-54-67(5)6/h66-71,76H,8-65H2,1-7H3,(H,81,82)(H,83,84)/t68?,69-,70-,71-/m1/s1. The second kappa shape index (κ2) is 65.7. The normalized spacial score (nSPS) is 14.4. The maximum atomic E-state index is 13.1. The minimum absolute atomic E-state index is 0.105. The van der Waals surface area contributed by atoms with Gasteiger partial charge in [-0.1, -0.05) is 331 Å². The molecule has 0 aliphatic carbocycles. The molecular weight excluding hydrogens is 1230 g/mol. The van der Waals surface area contributed by atoms with Gasteiger partial charge in [-0.15, -0.1) is 0 Å². The van der Waals surface area contributed by atoms with E-state index in [0.717, 1.165) is 114 Å². The van der Waals surface area contributed by atoms with Crippen LogP contribution in [0.2, 0.25) is 0 Å². The van der Waals surface area contributed by atoms with E-state index >= 15 is 0 Å². The lowest BCUT2D eigenvalue weighted by Crippen LogP contribution is -2.30. The van der Waals surface area contributed by atoms with Crippen LogP contribution in [0.1, 0.15) is 382 Å². The summed E-state index contributed by atoms with van der Waals surface area (Å²) in [6, 6.07) is 0. The Labute approximate surface area is 575 Å². The van der Waals surface area contributed by atoms with Crippen LogP contribution in [0.4, 0.5) is 0 Å². The molecule has 0 aliphatic rings. The number of rotatable bonds is 73. The number of hydrogen-bond acceptors (Lipinski definition) is 15. The second-order valence-electron chi connectivity index (χ2n) is 28.2. The summed E-state index contributed by atoms with van der Waals surface area (Å²) < 4.78 is 68.5. The summed E-state index contributed by atoms with van der Waals surface area (Å²) in [6.07, 6.45) is 51.3. The number of aliphatic hydroxyl groups is 1. The van der Waals surface area contributed by atoms with Crippen LogP contribution in [0, 0.1) is 17.8 Å². The van der Waals surface area contributed by atoms with Gasteiger partial charge in [0.25, 0.3) is 0 Å². The monoisotopic (exact) mass is 1380 g/mol. The largest absolute Gasteiger partial charge is 0.472 e. The number of hydrogen-bond donors (Lipinski definition) is 3. The van der Waals surface area contributed by atoms with Crippen LogP contribution in [0.3, 0.4) is 0 Å². The predicted molar refractivity (Wildman–Crippen MR) is 381 cm³/mol. The zero-order valence-electron chi connectivity index (χ0n) is 61.4. The topological polar surface area (TPSA) is 237 Å². The molecule has 0 heterocycles. The molecule has 3 unspecified atom stereocenters. The van der Waals surface area contributed by atoms with Crippen LogP contribution in [-0.2, 0) is 65.4 Å². The number of phosphoric acid groups is 2. The lowest BCUT2D eigenvalue weighted by Gasteiger charge is -2.21. The molecule has 0 radical (unpaired) electrons. The zero-order valence-corrected chi connectivity index (χ0v) is 63.2. The van der Waals surface area contributed by atoms with Crippen molar-refractivity contribution in [3.8, 4) is 0 Å². The number of unbranched alkanes of at least 4 members (excludes halogenated alkanes) is 40. The summed E-state index contributed by atoms with van der Waals surface area (Å²) in [6.45, 7) is 11.9. The Morgan fingerprint density at radius 3 is 0.809 bits per heavy atom. The highest BCUT2D eigenvalue weighted by molar-refractivity contribution is 7.47. The van der Waals surface area contributed by atoms with Gasteiger partial charge in [-0.2, -0.15) is 0 Å². The molecule has 94 heavy (non-hydrogen) atoms. The van der Waals surface area contributed by atoms with Gasteiger partial charge in [0.2, 0.25) is 0 Å². The highest BCUT2D eigenvalue weighted by atomic mass is 31.2. The summed E-state index contributed by atoms with van der Waals surface area (Å²) in [4.78, 5) is 72.8. The molecule has 0 saturated carbocycles. The number of aliphatic hydroxyl groups excluding tert-OH is 1. The Balaban J connectivity index is 5.26. The van der Waals surface area contributed by atoms with E-state index in [0.29, 0.717) is 25.7 Å². The number of carbonyl (C=O) groups is 4. The smallest absolute Gasteiger partial charge is 0.462 e. The van der Waals surface area contributed by atoms with Crippen molar-refractivity contribution in [2.45, 2.75) is 401 Å². The van der Waals surface area contributed by atoms with Crippen molar-refractivity contribution in [1.82, 2.24) is 0 Å². The van der Waals surface area contributed by atoms with E-state index in [1.807, 2.05) is 0 Å². The van der Waals surface area contributed by atoms with E-state index in [-0.39, 0.29) is 25.7 Å². The van der Waals surface area contributed by atoms with Crippen molar-refractivity contribution in [2.75, 3.05) is 39.6 Å². The zero-order chi connectivity index (χ0) is 69.4. The molecule has 0 fully saturated rings. The summed E-state index contributed by atoms with van der Waals surface area (Å²) in [7, 11) is -9.91. The molecule has 0 aromatic heterocycles. The maximum absolute atomic E-state index is 13.1. The maximum Gasteiger partial charge on any atom is 0.472 e. The molecule has 0 spiro atoms. The van der Waals surface area contributed by atoms with Crippen molar-refractivity contribution >= 4 is 39.5 Å². The fourth-order valence-electron chi connectivity index (χ4n) is 11.4. The van der Waals surface area contributed by atoms with Crippen molar-refractivity contribution in [3.63, 3.8) is 0 Å². The lowest BCUT2D eigenvalue weighted by atomic mass is 10.00. The van der Waals surface area contributed by atoms with E-state index in [1.54, 1.807) is 0 Å². The minimum Gasteiger partial charge on any atom is -0.462 e. The van der Waals surface area contributed by atoms with Gasteiger partial charge in [0, 0.05) is 25.7 Å². The Bertz CT molecular complexity index is 1840. The number of carbonyl (C=O) groups excluding carboxylic acids is 4. The predicted octanol–water partition coefficient (Wildman–Crippen LogP) is 21.8. The summed E-state index contributed by atoms with van der Waals surface area (Å²) >= 11 is 0. The molecular formula is C75H146O17P2. The Kier molecular flexibility index (Phi) is 64.3. The Morgan fingerprint density at radius 2 is 0.543 bits per heavy atom. The van der Waals surface area contributed by atoms with Gasteiger partial charge in [0.1, 0.15) is 19.3 Å². The number of phosphoric ester groups is 2. The van der Waals surface area contributed by atoms with Gasteiger partial charge < -0.3 is 33.8 Å². The van der Waals surface area contributed by atoms with Gasteiger partial charge in [-0.3, -0.25) is 37.3 Å². The van der Waals surface area contributed by atoms with Crippen LogP contribution in [0.15, 0.2) is 0 Å². The molecule has 3 N–H and O–H groups in total. The van der Waals surface area contributed by atoms with E-state index in [9.17, 15) is 43.2 Å². The van der Waals surface area contributed by atoms with Gasteiger partial charge in [-0.05, 0) is 43.4 Å².